The molecule has 5 N–H and O–H groups in total. The molecule has 1 rings (SSSR count). The summed E-state index contributed by atoms with van der Waals surface area (Å²) in [5.74, 6) is 1.08. The number of nitrogens with zero attached hydrogens (tertiary/aromatic N) is 1. The fourth-order valence-corrected chi connectivity index (χ4v) is 1.43. The maximum atomic E-state index is 5.68. The van der Waals surface area contributed by atoms with Crippen LogP contribution in [0.5, 0.6) is 5.75 Å². The first-order chi connectivity index (χ1) is 7.72. The van der Waals surface area contributed by atoms with Crippen LogP contribution in [-0.4, -0.2) is 19.6 Å². The first-order valence-electron chi connectivity index (χ1n) is 5.15. The number of hydrogen-bond acceptors (Lipinski definition) is 3. The highest BCUT2D eigenvalue weighted by atomic mass is 16.5. The van der Waals surface area contributed by atoms with Crippen LogP contribution in [0, 0.1) is 0 Å². The van der Waals surface area contributed by atoms with Gasteiger partial charge in [-0.2, -0.15) is 0 Å². The number of guanidine groups is 1. The van der Waals surface area contributed by atoms with E-state index in [1.165, 1.54) is 0 Å². The molecule has 0 unspecified atom stereocenters. The topological polar surface area (TPSA) is 85.7 Å². The molecular formula is C11H18N4O. The molecule has 0 aliphatic heterocycles. The van der Waals surface area contributed by atoms with Crippen molar-refractivity contribution in [2.24, 2.45) is 16.5 Å². The molecule has 0 bridgehead atoms. The van der Waals surface area contributed by atoms with Gasteiger partial charge >= 0.3 is 0 Å². The Labute approximate surface area is 95.5 Å². The predicted octanol–water partition coefficient (Wildman–Crippen LogP) is 0.900. The van der Waals surface area contributed by atoms with Crippen LogP contribution >= 0.6 is 0 Å². The van der Waals surface area contributed by atoms with Crippen molar-refractivity contribution in [1.82, 2.24) is 0 Å². The Hall–Kier alpha value is -1.75. The molecule has 0 fully saturated rings. The second kappa shape index (κ2) is 5.97. The van der Waals surface area contributed by atoms with Crippen molar-refractivity contribution in [3.05, 3.63) is 23.8 Å². The van der Waals surface area contributed by atoms with Crippen LogP contribution in [0.2, 0.25) is 0 Å². The lowest BCUT2D eigenvalue weighted by Crippen LogP contribution is -2.23. The highest BCUT2D eigenvalue weighted by Gasteiger charge is 2.07. The summed E-state index contributed by atoms with van der Waals surface area (Å²) in [6, 6.07) is 5.68. The minimum atomic E-state index is 0.370. The molecule has 16 heavy (non-hydrogen) atoms. The zero-order valence-corrected chi connectivity index (χ0v) is 9.66. The van der Waals surface area contributed by atoms with Gasteiger partial charge in [0.05, 0.1) is 12.8 Å². The van der Waals surface area contributed by atoms with E-state index in [9.17, 15) is 0 Å². The van der Waals surface area contributed by atoms with Crippen LogP contribution in [-0.2, 0) is 6.54 Å². The average molecular weight is 222 g/mol. The van der Waals surface area contributed by atoms with Crippen LogP contribution in [0.1, 0.15) is 12.5 Å². The lowest BCUT2D eigenvalue weighted by molar-refractivity contribution is 0.412. The van der Waals surface area contributed by atoms with Crippen LogP contribution < -0.4 is 21.5 Å². The number of ether oxygens (including phenoxy) is 1. The molecule has 0 aliphatic carbocycles. The van der Waals surface area contributed by atoms with Gasteiger partial charge in [-0.25, -0.2) is 0 Å². The van der Waals surface area contributed by atoms with E-state index in [2.05, 4.69) is 10.3 Å². The van der Waals surface area contributed by atoms with Gasteiger partial charge in [0.15, 0.2) is 5.96 Å². The highest BCUT2D eigenvalue weighted by Crippen LogP contribution is 2.28. The number of aliphatic imine (C=N–C) groups is 1. The molecule has 0 heterocycles. The van der Waals surface area contributed by atoms with Gasteiger partial charge in [0, 0.05) is 18.7 Å². The molecule has 1 aromatic carbocycles. The van der Waals surface area contributed by atoms with E-state index in [0.717, 1.165) is 11.3 Å². The molecule has 0 spiro atoms. The zero-order chi connectivity index (χ0) is 12.0. The third-order valence-electron chi connectivity index (χ3n) is 2.11. The lowest BCUT2D eigenvalue weighted by atomic mass is 10.1. The monoisotopic (exact) mass is 222 g/mol. The molecule has 0 radical (unpaired) electrons. The van der Waals surface area contributed by atoms with Crippen molar-refractivity contribution in [2.75, 3.05) is 19.0 Å². The Kier molecular flexibility index (Phi) is 4.60. The number of methoxy groups -OCH3 is 1. The minimum absolute atomic E-state index is 0.370. The molecule has 5 nitrogen and oxygen atoms in total. The Morgan fingerprint density at radius 2 is 2.25 bits per heavy atom. The van der Waals surface area contributed by atoms with Gasteiger partial charge in [-0.15, -0.1) is 0 Å². The lowest BCUT2D eigenvalue weighted by Gasteiger charge is -2.13. The van der Waals surface area contributed by atoms with E-state index in [4.69, 9.17) is 16.2 Å². The van der Waals surface area contributed by atoms with E-state index in [1.807, 2.05) is 25.1 Å². The second-order valence-electron chi connectivity index (χ2n) is 3.19. The van der Waals surface area contributed by atoms with E-state index < -0.39 is 0 Å². The summed E-state index contributed by atoms with van der Waals surface area (Å²) in [7, 11) is 1.60. The molecule has 5 heteroatoms. The van der Waals surface area contributed by atoms with Gasteiger partial charge in [0.25, 0.3) is 0 Å². The summed E-state index contributed by atoms with van der Waals surface area (Å²) in [4.78, 5) is 4.05. The van der Waals surface area contributed by atoms with E-state index in [-0.39, 0.29) is 0 Å². The number of benzene rings is 1. The van der Waals surface area contributed by atoms with Crippen molar-refractivity contribution >= 4 is 11.6 Å². The highest BCUT2D eigenvalue weighted by molar-refractivity contribution is 5.93. The fraction of sp³-hybridized carbons (Fsp3) is 0.364. The average Bonchev–Trinajstić information content (AvgIpc) is 2.29. The molecule has 0 amide bonds. The summed E-state index contributed by atoms with van der Waals surface area (Å²) in [5.41, 5.74) is 13.0. The number of nitrogens with two attached hydrogens (primary N) is 2. The number of hydrogen-bond donors (Lipinski definition) is 3. The molecule has 0 atom stereocenters. The molecule has 0 saturated carbocycles. The maximum absolute atomic E-state index is 5.68. The van der Waals surface area contributed by atoms with Crippen LogP contribution in [0.15, 0.2) is 23.2 Å². The smallest absolute Gasteiger partial charge is 0.193 e. The largest absolute Gasteiger partial charge is 0.494 e. The van der Waals surface area contributed by atoms with Gasteiger partial charge in [-0.1, -0.05) is 12.1 Å². The Morgan fingerprint density at radius 1 is 1.50 bits per heavy atom. The van der Waals surface area contributed by atoms with Crippen LogP contribution in [0.25, 0.3) is 0 Å². The quantitative estimate of drug-likeness (QED) is 0.522. The number of anilines is 1. The maximum Gasteiger partial charge on any atom is 0.193 e. The summed E-state index contributed by atoms with van der Waals surface area (Å²) in [5, 5.41) is 2.98. The number of nitrogens with one attached hydrogen (secondary N) is 1. The van der Waals surface area contributed by atoms with Gasteiger partial charge in [0.1, 0.15) is 5.75 Å². The summed E-state index contributed by atoms with van der Waals surface area (Å²) in [6.07, 6.45) is 0. The Bertz CT molecular complexity index is 376. The van der Waals surface area contributed by atoms with Crippen LogP contribution in [0.4, 0.5) is 5.69 Å². The minimum Gasteiger partial charge on any atom is -0.494 e. The zero-order valence-electron chi connectivity index (χ0n) is 9.66. The molecule has 1 aromatic rings. The summed E-state index contributed by atoms with van der Waals surface area (Å²) in [6.45, 7) is 2.98. The third-order valence-corrected chi connectivity index (χ3v) is 2.11. The number of para-hydroxylation sites is 1. The molecule has 88 valence electrons. The van der Waals surface area contributed by atoms with Crippen molar-refractivity contribution in [1.29, 1.82) is 0 Å². The molecule has 0 saturated heterocycles. The second-order valence-corrected chi connectivity index (χ2v) is 3.19. The summed E-state index contributed by atoms with van der Waals surface area (Å²) < 4.78 is 5.29. The molecule has 0 aromatic heterocycles. The third kappa shape index (κ3) is 2.87. The van der Waals surface area contributed by atoms with Crippen molar-refractivity contribution in [2.45, 2.75) is 13.5 Å². The van der Waals surface area contributed by atoms with E-state index in [0.29, 0.717) is 24.8 Å². The van der Waals surface area contributed by atoms with Crippen molar-refractivity contribution in [3.63, 3.8) is 0 Å². The van der Waals surface area contributed by atoms with Gasteiger partial charge < -0.3 is 21.5 Å². The Balaban J connectivity index is 2.99. The van der Waals surface area contributed by atoms with Gasteiger partial charge in [-0.05, 0) is 13.0 Å². The Morgan fingerprint density at radius 3 is 2.81 bits per heavy atom. The fourth-order valence-electron chi connectivity index (χ4n) is 1.43. The van der Waals surface area contributed by atoms with Crippen molar-refractivity contribution in [3.8, 4) is 5.75 Å². The molecular weight excluding hydrogens is 204 g/mol. The van der Waals surface area contributed by atoms with Crippen LogP contribution in [0.3, 0.4) is 0 Å². The predicted molar refractivity (Wildman–Crippen MR) is 66.7 cm³/mol. The SMILES string of the molecule is CCN=C(N)Nc1cccc(CN)c1OC. The molecule has 0 aliphatic rings. The van der Waals surface area contributed by atoms with E-state index >= 15 is 0 Å². The normalized spacial score (nSPS) is 11.3. The van der Waals surface area contributed by atoms with E-state index in [1.54, 1.807) is 7.11 Å². The van der Waals surface area contributed by atoms with Gasteiger partial charge in [-0.3, -0.25) is 4.99 Å². The summed E-state index contributed by atoms with van der Waals surface area (Å²) >= 11 is 0. The first kappa shape index (κ1) is 12.3. The first-order valence-corrected chi connectivity index (χ1v) is 5.15. The van der Waals surface area contributed by atoms with Gasteiger partial charge in [0.2, 0.25) is 0 Å². The van der Waals surface area contributed by atoms with Crippen molar-refractivity contribution < 1.29 is 4.74 Å². The standard InChI is InChI=1S/C11H18N4O/c1-3-14-11(13)15-9-6-4-5-8(7-12)10(9)16-2/h4-6H,3,7,12H2,1-2H3,(H3,13,14,15). The number of rotatable bonds is 4.